The summed E-state index contributed by atoms with van der Waals surface area (Å²) in [5.74, 6) is 0.168. The number of aryl methyl sites for hydroxylation is 1. The zero-order valence-electron chi connectivity index (χ0n) is 17.8. The fraction of sp³-hybridized carbons (Fsp3) is 0.208. The second kappa shape index (κ2) is 9.66. The predicted octanol–water partition coefficient (Wildman–Crippen LogP) is 4.62. The van der Waals surface area contributed by atoms with Gasteiger partial charge in [0.1, 0.15) is 12.3 Å². The lowest BCUT2D eigenvalue weighted by Gasteiger charge is -2.24. The van der Waals surface area contributed by atoms with E-state index in [9.17, 15) is 13.2 Å². The highest BCUT2D eigenvalue weighted by Gasteiger charge is 2.27. The molecule has 162 valence electrons. The van der Waals surface area contributed by atoms with Crippen LogP contribution in [0.15, 0.2) is 83.8 Å². The normalized spacial score (nSPS) is 11.2. The number of nitrogens with one attached hydrogen (secondary N) is 1. The van der Waals surface area contributed by atoms with Gasteiger partial charge in [-0.05, 0) is 57.2 Å². The van der Waals surface area contributed by atoms with Crippen molar-refractivity contribution in [3.8, 4) is 5.75 Å². The van der Waals surface area contributed by atoms with Gasteiger partial charge in [-0.2, -0.15) is 0 Å². The lowest BCUT2D eigenvalue weighted by Crippen LogP contribution is -2.38. The Kier molecular flexibility index (Phi) is 6.97. The van der Waals surface area contributed by atoms with E-state index in [0.717, 1.165) is 9.87 Å². The Morgan fingerprint density at radius 1 is 0.968 bits per heavy atom. The molecule has 0 atom stereocenters. The number of carbonyl (C=O) groups excluding carboxylic acids is 1. The van der Waals surface area contributed by atoms with Gasteiger partial charge in [0.25, 0.3) is 10.0 Å². The third kappa shape index (κ3) is 5.86. The first-order valence-corrected chi connectivity index (χ1v) is 11.4. The average Bonchev–Trinajstić information content (AvgIpc) is 2.73. The monoisotopic (exact) mass is 438 g/mol. The van der Waals surface area contributed by atoms with E-state index in [-0.39, 0.29) is 17.5 Å². The molecule has 0 aliphatic carbocycles. The minimum atomic E-state index is -3.93. The van der Waals surface area contributed by atoms with Crippen LogP contribution >= 0.6 is 0 Å². The summed E-state index contributed by atoms with van der Waals surface area (Å²) < 4.78 is 33.4. The summed E-state index contributed by atoms with van der Waals surface area (Å²) in [7, 11) is -3.93. The Balaban J connectivity index is 1.87. The zero-order valence-corrected chi connectivity index (χ0v) is 18.6. The van der Waals surface area contributed by atoms with Gasteiger partial charge in [-0.15, -0.1) is 0 Å². The summed E-state index contributed by atoms with van der Waals surface area (Å²) in [4.78, 5) is 12.9. The van der Waals surface area contributed by atoms with E-state index in [1.807, 2.05) is 32.9 Å². The second-order valence-corrected chi connectivity index (χ2v) is 9.27. The molecule has 0 aliphatic heterocycles. The summed E-state index contributed by atoms with van der Waals surface area (Å²) >= 11 is 0. The minimum Gasteiger partial charge on any atom is -0.491 e. The van der Waals surface area contributed by atoms with E-state index in [1.54, 1.807) is 54.6 Å². The SMILES string of the molecule is Cc1ccc(N(CC(=O)Nc2cccc(OC(C)C)c2)S(=O)(=O)c2ccccc2)cc1. The molecular formula is C24H26N2O4S. The molecule has 0 saturated heterocycles. The summed E-state index contributed by atoms with van der Waals surface area (Å²) in [6.45, 7) is 5.38. The molecule has 0 aliphatic rings. The minimum absolute atomic E-state index is 0.000930. The molecule has 0 heterocycles. The fourth-order valence-corrected chi connectivity index (χ4v) is 4.44. The standard InChI is InChI=1S/C24H26N2O4S/c1-18(2)30-22-9-7-8-20(16-22)25-24(27)17-26(21-14-12-19(3)13-15-21)31(28,29)23-10-5-4-6-11-23/h4-16,18H,17H2,1-3H3,(H,25,27). The lowest BCUT2D eigenvalue weighted by molar-refractivity contribution is -0.114. The Labute approximate surface area is 183 Å². The van der Waals surface area contributed by atoms with Gasteiger partial charge in [-0.3, -0.25) is 9.10 Å². The zero-order chi connectivity index (χ0) is 22.4. The first-order chi connectivity index (χ1) is 14.8. The van der Waals surface area contributed by atoms with Gasteiger partial charge >= 0.3 is 0 Å². The maximum absolute atomic E-state index is 13.3. The predicted molar refractivity (Wildman–Crippen MR) is 123 cm³/mol. The Morgan fingerprint density at radius 2 is 1.65 bits per heavy atom. The molecular weight excluding hydrogens is 412 g/mol. The molecule has 1 amide bonds. The molecule has 7 heteroatoms. The quantitative estimate of drug-likeness (QED) is 0.557. The summed E-state index contributed by atoms with van der Waals surface area (Å²) in [6, 6.07) is 22.1. The van der Waals surface area contributed by atoms with E-state index < -0.39 is 15.9 Å². The molecule has 0 spiro atoms. The Bertz CT molecular complexity index is 1130. The lowest BCUT2D eigenvalue weighted by atomic mass is 10.2. The van der Waals surface area contributed by atoms with Crippen LogP contribution in [0.4, 0.5) is 11.4 Å². The smallest absolute Gasteiger partial charge is 0.264 e. The van der Waals surface area contributed by atoms with Crippen molar-refractivity contribution in [2.24, 2.45) is 0 Å². The van der Waals surface area contributed by atoms with E-state index >= 15 is 0 Å². The highest BCUT2D eigenvalue weighted by atomic mass is 32.2. The Morgan fingerprint density at radius 3 is 2.29 bits per heavy atom. The van der Waals surface area contributed by atoms with Gasteiger partial charge in [-0.1, -0.05) is 42.0 Å². The molecule has 6 nitrogen and oxygen atoms in total. The molecule has 1 N–H and O–H groups in total. The van der Waals surface area contributed by atoms with Crippen LogP contribution in [0, 0.1) is 6.92 Å². The molecule has 3 aromatic rings. The number of ether oxygens (including phenoxy) is 1. The molecule has 0 saturated carbocycles. The molecule has 0 fully saturated rings. The van der Waals surface area contributed by atoms with E-state index in [4.69, 9.17) is 4.74 Å². The van der Waals surface area contributed by atoms with Gasteiger partial charge in [0.05, 0.1) is 16.7 Å². The molecule has 31 heavy (non-hydrogen) atoms. The van der Waals surface area contributed by atoms with Gasteiger partial charge in [0.15, 0.2) is 0 Å². The van der Waals surface area contributed by atoms with Crippen LogP contribution in [-0.4, -0.2) is 27.0 Å². The van der Waals surface area contributed by atoms with Gasteiger partial charge in [0, 0.05) is 11.8 Å². The van der Waals surface area contributed by atoms with Crippen molar-refractivity contribution >= 4 is 27.3 Å². The van der Waals surface area contributed by atoms with Crippen molar-refractivity contribution in [3.63, 3.8) is 0 Å². The van der Waals surface area contributed by atoms with Crippen LogP contribution in [0.2, 0.25) is 0 Å². The van der Waals surface area contributed by atoms with Crippen LogP contribution in [0.1, 0.15) is 19.4 Å². The third-order valence-corrected chi connectivity index (χ3v) is 6.22. The largest absolute Gasteiger partial charge is 0.491 e. The molecule has 0 radical (unpaired) electrons. The fourth-order valence-electron chi connectivity index (χ4n) is 3.00. The highest BCUT2D eigenvalue weighted by molar-refractivity contribution is 7.92. The van der Waals surface area contributed by atoms with E-state index in [2.05, 4.69) is 5.32 Å². The number of sulfonamides is 1. The van der Waals surface area contributed by atoms with Crippen LogP contribution < -0.4 is 14.4 Å². The van der Waals surface area contributed by atoms with Gasteiger partial charge in [0.2, 0.25) is 5.91 Å². The number of anilines is 2. The first kappa shape index (κ1) is 22.4. The van der Waals surface area contributed by atoms with Crippen molar-refractivity contribution in [3.05, 3.63) is 84.4 Å². The van der Waals surface area contributed by atoms with E-state index in [1.165, 1.54) is 12.1 Å². The molecule has 3 rings (SSSR count). The van der Waals surface area contributed by atoms with Crippen LogP contribution in [0.25, 0.3) is 0 Å². The number of hydrogen-bond acceptors (Lipinski definition) is 4. The van der Waals surface area contributed by atoms with Crippen molar-refractivity contribution in [1.29, 1.82) is 0 Å². The van der Waals surface area contributed by atoms with Crippen molar-refractivity contribution in [2.75, 3.05) is 16.2 Å². The van der Waals surface area contributed by atoms with Gasteiger partial charge < -0.3 is 10.1 Å². The Hall–Kier alpha value is -3.32. The number of nitrogens with zero attached hydrogens (tertiary/aromatic N) is 1. The van der Waals surface area contributed by atoms with Crippen molar-refractivity contribution < 1.29 is 17.9 Å². The number of rotatable bonds is 8. The summed E-state index contributed by atoms with van der Waals surface area (Å²) in [6.07, 6.45) is -0.000930. The van der Waals surface area contributed by atoms with Gasteiger partial charge in [-0.25, -0.2) is 8.42 Å². The molecule has 0 aromatic heterocycles. The molecule has 3 aromatic carbocycles. The number of amides is 1. The topological polar surface area (TPSA) is 75.7 Å². The highest BCUT2D eigenvalue weighted by Crippen LogP contribution is 2.24. The number of hydrogen-bond donors (Lipinski definition) is 1. The molecule has 0 unspecified atom stereocenters. The maximum Gasteiger partial charge on any atom is 0.264 e. The summed E-state index contributed by atoms with van der Waals surface area (Å²) in [5.41, 5.74) is 1.94. The van der Waals surface area contributed by atoms with Crippen LogP contribution in [0.5, 0.6) is 5.75 Å². The van der Waals surface area contributed by atoms with E-state index in [0.29, 0.717) is 17.1 Å². The van der Waals surface area contributed by atoms with Crippen molar-refractivity contribution in [2.45, 2.75) is 31.8 Å². The average molecular weight is 439 g/mol. The number of benzene rings is 3. The summed E-state index contributed by atoms with van der Waals surface area (Å²) in [5, 5.41) is 2.77. The maximum atomic E-state index is 13.3. The third-order valence-electron chi connectivity index (χ3n) is 4.43. The van der Waals surface area contributed by atoms with Crippen LogP contribution in [-0.2, 0) is 14.8 Å². The molecule has 0 bridgehead atoms. The van der Waals surface area contributed by atoms with Crippen molar-refractivity contribution in [1.82, 2.24) is 0 Å². The van der Waals surface area contributed by atoms with Crippen LogP contribution in [0.3, 0.4) is 0 Å². The first-order valence-electron chi connectivity index (χ1n) is 9.97. The number of carbonyl (C=O) groups is 1. The second-order valence-electron chi connectivity index (χ2n) is 7.40.